The molecule has 0 aromatic heterocycles. The van der Waals surface area contributed by atoms with E-state index in [-0.39, 0.29) is 11.5 Å². The number of hydrogen-bond acceptors (Lipinski definition) is 0. The van der Waals surface area contributed by atoms with E-state index in [2.05, 4.69) is 19.1 Å². The Kier molecular flexibility index (Phi) is 6.04. The van der Waals surface area contributed by atoms with Crippen molar-refractivity contribution in [1.82, 2.24) is 0 Å². The van der Waals surface area contributed by atoms with E-state index in [1.807, 2.05) is 0 Å². The van der Waals surface area contributed by atoms with E-state index in [1.54, 1.807) is 0 Å². The van der Waals surface area contributed by atoms with Crippen LogP contribution in [0.4, 0.5) is 17.6 Å². The molecule has 1 aliphatic carbocycles. The monoisotopic (exact) mass is 314 g/mol. The third-order valence-electron chi connectivity index (χ3n) is 4.38. The molecule has 1 fully saturated rings. The molecule has 2 rings (SSSR count). The largest absolute Gasteiger partial charge is 0.247 e. The number of rotatable bonds is 5. The molecule has 0 saturated heterocycles. The van der Waals surface area contributed by atoms with Crippen LogP contribution in [0.2, 0.25) is 0 Å². The number of alkyl halides is 1. The molecule has 0 N–H and O–H groups in total. The van der Waals surface area contributed by atoms with Gasteiger partial charge in [0.2, 0.25) is 0 Å². The van der Waals surface area contributed by atoms with Gasteiger partial charge < -0.3 is 0 Å². The predicted molar refractivity (Wildman–Crippen MR) is 80.0 cm³/mol. The zero-order valence-electron chi connectivity index (χ0n) is 12.8. The van der Waals surface area contributed by atoms with E-state index < -0.39 is 29.5 Å². The van der Waals surface area contributed by atoms with Crippen LogP contribution < -0.4 is 0 Å². The first-order chi connectivity index (χ1) is 10.5. The maximum absolute atomic E-state index is 14.4. The van der Waals surface area contributed by atoms with Crippen molar-refractivity contribution in [2.45, 2.75) is 57.5 Å². The Morgan fingerprint density at radius 2 is 1.82 bits per heavy atom. The van der Waals surface area contributed by atoms with Crippen molar-refractivity contribution >= 4 is 0 Å². The van der Waals surface area contributed by atoms with Gasteiger partial charge in [0, 0.05) is 5.92 Å². The van der Waals surface area contributed by atoms with Crippen LogP contribution in [-0.2, 0) is 0 Å². The molecule has 0 heterocycles. The lowest BCUT2D eigenvalue weighted by Gasteiger charge is -2.30. The summed E-state index contributed by atoms with van der Waals surface area (Å²) in [5.74, 6) is -4.36. The second-order valence-corrected chi connectivity index (χ2v) is 6.06. The Morgan fingerprint density at radius 1 is 1.14 bits per heavy atom. The summed E-state index contributed by atoms with van der Waals surface area (Å²) < 4.78 is 53.9. The number of unbranched alkanes of at least 4 members (excludes halogenated alkanes) is 2. The molecule has 22 heavy (non-hydrogen) atoms. The topological polar surface area (TPSA) is 0 Å². The second-order valence-electron chi connectivity index (χ2n) is 6.06. The molecule has 122 valence electrons. The molecule has 0 bridgehead atoms. The molecule has 0 nitrogen and oxygen atoms in total. The molecule has 1 aliphatic rings. The Hall–Kier alpha value is -1.32. The highest BCUT2D eigenvalue weighted by atomic mass is 19.2. The van der Waals surface area contributed by atoms with Gasteiger partial charge in [0.15, 0.2) is 17.5 Å². The smallest absolute Gasteiger partial charge is 0.194 e. The number of hydrogen-bond donors (Lipinski definition) is 0. The van der Waals surface area contributed by atoms with Crippen molar-refractivity contribution in [2.75, 3.05) is 0 Å². The van der Waals surface area contributed by atoms with Gasteiger partial charge in [-0.15, -0.1) is 0 Å². The maximum Gasteiger partial charge on any atom is 0.194 e. The van der Waals surface area contributed by atoms with Crippen LogP contribution in [0.25, 0.3) is 0 Å². The van der Waals surface area contributed by atoms with Gasteiger partial charge >= 0.3 is 0 Å². The van der Waals surface area contributed by atoms with Gasteiger partial charge in [-0.05, 0) is 49.3 Å². The minimum absolute atomic E-state index is 0.179. The zero-order chi connectivity index (χ0) is 16.1. The highest BCUT2D eigenvalue weighted by Crippen LogP contribution is 2.39. The molecule has 0 amide bonds. The molecular weight excluding hydrogens is 292 g/mol. The quantitative estimate of drug-likeness (QED) is 0.268. The lowest BCUT2D eigenvalue weighted by Crippen LogP contribution is -2.24. The first-order valence-corrected chi connectivity index (χ1v) is 7.98. The predicted octanol–water partition coefficient (Wildman–Crippen LogP) is 6.07. The molecule has 1 saturated carbocycles. The normalized spacial score (nSPS) is 25.8. The molecule has 4 heteroatoms. The van der Waals surface area contributed by atoms with Crippen LogP contribution in [0, 0.1) is 23.4 Å². The van der Waals surface area contributed by atoms with Crippen LogP contribution in [0.15, 0.2) is 24.3 Å². The van der Waals surface area contributed by atoms with Crippen LogP contribution >= 0.6 is 0 Å². The van der Waals surface area contributed by atoms with Gasteiger partial charge in [-0.3, -0.25) is 0 Å². The third kappa shape index (κ3) is 4.11. The minimum atomic E-state index is -1.49. The van der Waals surface area contributed by atoms with Crippen LogP contribution in [-0.4, -0.2) is 6.17 Å². The van der Waals surface area contributed by atoms with E-state index in [0.717, 1.165) is 37.8 Å². The van der Waals surface area contributed by atoms with E-state index in [4.69, 9.17) is 0 Å². The van der Waals surface area contributed by atoms with E-state index in [1.165, 1.54) is 0 Å². The van der Waals surface area contributed by atoms with Gasteiger partial charge in [-0.25, -0.2) is 17.6 Å². The van der Waals surface area contributed by atoms with Crippen LogP contribution in [0.5, 0.6) is 0 Å². The van der Waals surface area contributed by atoms with Crippen LogP contribution in [0.1, 0.15) is 56.9 Å². The lowest BCUT2D eigenvalue weighted by molar-refractivity contribution is 0.188. The Bertz CT molecular complexity index is 501. The lowest BCUT2D eigenvalue weighted by atomic mass is 9.77. The fourth-order valence-corrected chi connectivity index (χ4v) is 3.10. The van der Waals surface area contributed by atoms with E-state index >= 15 is 0 Å². The Labute approximate surface area is 129 Å². The fourth-order valence-electron chi connectivity index (χ4n) is 3.10. The SMILES string of the molecule is CCCC/C=C/C1CCC(c2cc(F)c(F)c(F)c2)C(F)C1. The molecular formula is C18H22F4. The molecule has 0 radical (unpaired) electrons. The first-order valence-electron chi connectivity index (χ1n) is 7.98. The third-order valence-corrected chi connectivity index (χ3v) is 4.38. The number of halogens is 4. The summed E-state index contributed by atoms with van der Waals surface area (Å²) in [6.07, 6.45) is 7.92. The summed E-state index contributed by atoms with van der Waals surface area (Å²) in [7, 11) is 0. The van der Waals surface area contributed by atoms with Gasteiger partial charge in [-0.1, -0.05) is 31.9 Å². The van der Waals surface area contributed by atoms with Crippen molar-refractivity contribution in [3.63, 3.8) is 0 Å². The maximum atomic E-state index is 14.4. The van der Waals surface area contributed by atoms with Crippen molar-refractivity contribution in [2.24, 2.45) is 5.92 Å². The summed E-state index contributed by atoms with van der Waals surface area (Å²) in [4.78, 5) is 0. The van der Waals surface area contributed by atoms with Crippen molar-refractivity contribution in [1.29, 1.82) is 0 Å². The average Bonchev–Trinajstić information content (AvgIpc) is 2.49. The van der Waals surface area contributed by atoms with Gasteiger partial charge in [0.25, 0.3) is 0 Å². The van der Waals surface area contributed by atoms with Crippen molar-refractivity contribution in [3.05, 3.63) is 47.3 Å². The first kappa shape index (κ1) is 17.0. The van der Waals surface area contributed by atoms with Crippen LogP contribution in [0.3, 0.4) is 0 Å². The molecule has 3 unspecified atom stereocenters. The number of allylic oxidation sites excluding steroid dienone is 2. The highest BCUT2D eigenvalue weighted by Gasteiger charge is 2.31. The van der Waals surface area contributed by atoms with Gasteiger partial charge in [0.1, 0.15) is 6.17 Å². The summed E-state index contributed by atoms with van der Waals surface area (Å²) >= 11 is 0. The standard InChI is InChI=1S/C18H22F4/c1-2-3-4-5-6-12-7-8-14(15(19)9-12)13-10-16(20)18(22)17(21)11-13/h5-6,10-12,14-15H,2-4,7-9H2,1H3/b6-5+. The van der Waals surface area contributed by atoms with E-state index in [0.29, 0.717) is 12.8 Å². The highest BCUT2D eigenvalue weighted by molar-refractivity contribution is 5.25. The summed E-state index contributed by atoms with van der Waals surface area (Å²) in [5.41, 5.74) is 0.220. The Morgan fingerprint density at radius 3 is 2.41 bits per heavy atom. The molecule has 0 spiro atoms. The second kappa shape index (κ2) is 7.80. The molecule has 0 aliphatic heterocycles. The van der Waals surface area contributed by atoms with Crippen molar-refractivity contribution < 1.29 is 17.6 Å². The molecule has 1 aromatic carbocycles. The minimum Gasteiger partial charge on any atom is -0.247 e. The summed E-state index contributed by atoms with van der Waals surface area (Å²) in [5, 5.41) is 0. The zero-order valence-corrected chi connectivity index (χ0v) is 12.8. The van der Waals surface area contributed by atoms with Gasteiger partial charge in [0.05, 0.1) is 0 Å². The fraction of sp³-hybridized carbons (Fsp3) is 0.556. The van der Waals surface area contributed by atoms with Gasteiger partial charge in [-0.2, -0.15) is 0 Å². The average molecular weight is 314 g/mol. The summed E-state index contributed by atoms with van der Waals surface area (Å²) in [6, 6.07) is 1.85. The van der Waals surface area contributed by atoms with E-state index in [9.17, 15) is 17.6 Å². The van der Waals surface area contributed by atoms with Crippen molar-refractivity contribution in [3.8, 4) is 0 Å². The number of benzene rings is 1. The molecule has 3 atom stereocenters. The Balaban J connectivity index is 2.00. The summed E-state index contributed by atoms with van der Waals surface area (Å²) in [6.45, 7) is 2.12. The molecule has 1 aromatic rings.